The molecule has 1 atom stereocenters. The molecule has 0 heterocycles. The van der Waals surface area contributed by atoms with E-state index < -0.39 is 11.9 Å². The summed E-state index contributed by atoms with van der Waals surface area (Å²) in [4.78, 5) is 24.6. The molecule has 0 fully saturated rings. The van der Waals surface area contributed by atoms with Crippen molar-refractivity contribution in [1.29, 1.82) is 0 Å². The van der Waals surface area contributed by atoms with Gasteiger partial charge in [-0.3, -0.25) is 9.59 Å². The van der Waals surface area contributed by atoms with Crippen molar-refractivity contribution in [3.05, 3.63) is 33.8 Å². The highest BCUT2D eigenvalue weighted by Gasteiger charge is 2.23. The average Bonchev–Trinajstić information content (AvgIpc) is 2.46. The molecule has 128 valence electrons. The van der Waals surface area contributed by atoms with Crippen molar-refractivity contribution >= 4 is 35.0 Å². The third-order valence-electron chi connectivity index (χ3n) is 3.11. The zero-order chi connectivity index (χ0) is 17.4. The Kier molecular flexibility index (Phi) is 8.37. The van der Waals surface area contributed by atoms with Gasteiger partial charge in [0.2, 0.25) is 5.91 Å². The van der Waals surface area contributed by atoms with E-state index in [4.69, 9.17) is 27.9 Å². The van der Waals surface area contributed by atoms with Gasteiger partial charge in [-0.25, -0.2) is 0 Å². The van der Waals surface area contributed by atoms with Crippen LogP contribution in [0.5, 0.6) is 0 Å². The number of halogens is 2. The Bertz CT molecular complexity index is 550. The Hall–Kier alpha value is -1.30. The molecule has 5 nitrogen and oxygen atoms in total. The fraction of sp³-hybridized carbons (Fsp3) is 0.500. The van der Waals surface area contributed by atoms with Gasteiger partial charge in [0, 0.05) is 18.7 Å². The van der Waals surface area contributed by atoms with Crippen LogP contribution in [0.15, 0.2) is 18.2 Å². The molecule has 7 heteroatoms. The maximum Gasteiger partial charge on any atom is 0.253 e. The number of methoxy groups -OCH3 is 1. The summed E-state index contributed by atoms with van der Waals surface area (Å²) in [6.07, 6.45) is 0.524. The molecule has 0 radical (unpaired) electrons. The van der Waals surface area contributed by atoms with Crippen LogP contribution in [0.4, 0.5) is 0 Å². The highest BCUT2D eigenvalue weighted by Crippen LogP contribution is 2.21. The summed E-state index contributed by atoms with van der Waals surface area (Å²) in [5, 5.41) is 6.16. The van der Waals surface area contributed by atoms with Gasteiger partial charge in [-0.05, 0) is 30.5 Å². The predicted octanol–water partition coefficient (Wildman–Crippen LogP) is 2.90. The molecular formula is C16H22Cl2N2O3. The highest BCUT2D eigenvalue weighted by atomic mass is 35.5. The van der Waals surface area contributed by atoms with E-state index in [9.17, 15) is 9.59 Å². The molecule has 0 saturated heterocycles. The molecule has 0 aliphatic heterocycles. The van der Waals surface area contributed by atoms with Crippen LogP contribution in [0.3, 0.4) is 0 Å². The number of nitrogens with one attached hydrogen (secondary N) is 2. The topological polar surface area (TPSA) is 67.4 Å². The van der Waals surface area contributed by atoms with E-state index in [1.165, 1.54) is 12.1 Å². The zero-order valence-electron chi connectivity index (χ0n) is 13.5. The molecule has 2 amide bonds. The van der Waals surface area contributed by atoms with Crippen LogP contribution in [0.2, 0.25) is 10.0 Å². The molecular weight excluding hydrogens is 339 g/mol. The van der Waals surface area contributed by atoms with Gasteiger partial charge in [0.05, 0.1) is 17.2 Å². The lowest BCUT2D eigenvalue weighted by molar-refractivity contribution is -0.123. The molecule has 0 spiro atoms. The van der Waals surface area contributed by atoms with Crippen molar-refractivity contribution in [2.45, 2.75) is 26.3 Å². The van der Waals surface area contributed by atoms with Gasteiger partial charge in [0.15, 0.2) is 0 Å². The monoisotopic (exact) mass is 360 g/mol. The standard InChI is InChI=1S/C16H22Cl2N2O3/c1-10(2)8-14(16(22)19-6-7-23-3)20-15(21)12-5-4-11(17)9-13(12)18/h4-5,9-10,14H,6-8H2,1-3H3,(H,19,22)(H,20,21)/t14-/m0/s1. The fourth-order valence-electron chi connectivity index (χ4n) is 2.01. The maximum absolute atomic E-state index is 12.4. The van der Waals surface area contributed by atoms with Gasteiger partial charge in [-0.15, -0.1) is 0 Å². The van der Waals surface area contributed by atoms with Crippen LogP contribution in [0.1, 0.15) is 30.6 Å². The number of amides is 2. The van der Waals surface area contributed by atoms with Crippen molar-refractivity contribution in [1.82, 2.24) is 10.6 Å². The van der Waals surface area contributed by atoms with Gasteiger partial charge >= 0.3 is 0 Å². The Morgan fingerprint density at radius 2 is 1.96 bits per heavy atom. The summed E-state index contributed by atoms with van der Waals surface area (Å²) in [7, 11) is 1.56. The first-order valence-corrected chi connectivity index (χ1v) is 8.13. The number of hydrogen-bond acceptors (Lipinski definition) is 3. The normalized spacial score (nSPS) is 12.1. The fourth-order valence-corrected chi connectivity index (χ4v) is 2.51. The molecule has 1 aromatic rings. The minimum atomic E-state index is -0.633. The average molecular weight is 361 g/mol. The van der Waals surface area contributed by atoms with E-state index in [0.29, 0.717) is 24.6 Å². The van der Waals surface area contributed by atoms with E-state index in [0.717, 1.165) is 0 Å². The van der Waals surface area contributed by atoms with Crippen LogP contribution in [-0.2, 0) is 9.53 Å². The summed E-state index contributed by atoms with van der Waals surface area (Å²) in [6, 6.07) is 3.98. The van der Waals surface area contributed by atoms with Gasteiger partial charge in [0.25, 0.3) is 5.91 Å². The molecule has 0 unspecified atom stereocenters. The van der Waals surface area contributed by atoms with Crippen LogP contribution in [0, 0.1) is 5.92 Å². The SMILES string of the molecule is COCCNC(=O)[C@H](CC(C)C)NC(=O)c1ccc(Cl)cc1Cl. The van der Waals surface area contributed by atoms with Crippen LogP contribution < -0.4 is 10.6 Å². The first kappa shape index (κ1) is 19.7. The van der Waals surface area contributed by atoms with Crippen LogP contribution >= 0.6 is 23.2 Å². The Morgan fingerprint density at radius 3 is 2.52 bits per heavy atom. The number of ether oxygens (including phenoxy) is 1. The molecule has 0 aliphatic carbocycles. The minimum absolute atomic E-state index is 0.241. The smallest absolute Gasteiger partial charge is 0.253 e. The number of hydrogen-bond donors (Lipinski definition) is 2. The third-order valence-corrected chi connectivity index (χ3v) is 3.66. The van der Waals surface area contributed by atoms with E-state index in [-0.39, 0.29) is 22.4 Å². The van der Waals surface area contributed by atoms with Crippen molar-refractivity contribution in [3.63, 3.8) is 0 Å². The van der Waals surface area contributed by atoms with E-state index in [1.807, 2.05) is 13.8 Å². The largest absolute Gasteiger partial charge is 0.383 e. The highest BCUT2D eigenvalue weighted by molar-refractivity contribution is 6.36. The first-order valence-electron chi connectivity index (χ1n) is 7.37. The molecule has 0 aromatic heterocycles. The van der Waals surface area contributed by atoms with Crippen molar-refractivity contribution in [2.24, 2.45) is 5.92 Å². The van der Waals surface area contributed by atoms with Crippen molar-refractivity contribution in [3.8, 4) is 0 Å². The summed E-state index contributed by atoms with van der Waals surface area (Å²) in [5.74, 6) is -0.400. The van der Waals surface area contributed by atoms with Crippen molar-refractivity contribution in [2.75, 3.05) is 20.3 Å². The Morgan fingerprint density at radius 1 is 1.26 bits per heavy atom. The van der Waals surface area contributed by atoms with E-state index in [2.05, 4.69) is 10.6 Å². The molecule has 0 bridgehead atoms. The second kappa shape index (κ2) is 9.75. The first-order chi connectivity index (χ1) is 10.8. The molecule has 0 saturated carbocycles. The summed E-state index contributed by atoms with van der Waals surface area (Å²) in [6.45, 7) is 4.77. The van der Waals surface area contributed by atoms with Gasteiger partial charge < -0.3 is 15.4 Å². The van der Waals surface area contributed by atoms with Gasteiger partial charge in [0.1, 0.15) is 6.04 Å². The van der Waals surface area contributed by atoms with E-state index >= 15 is 0 Å². The van der Waals surface area contributed by atoms with Crippen LogP contribution in [0.25, 0.3) is 0 Å². The third kappa shape index (κ3) is 6.77. The quantitative estimate of drug-likeness (QED) is 0.700. The molecule has 1 rings (SSSR count). The lowest BCUT2D eigenvalue weighted by atomic mass is 10.0. The maximum atomic E-state index is 12.4. The summed E-state index contributed by atoms with van der Waals surface area (Å²) < 4.78 is 4.90. The molecule has 23 heavy (non-hydrogen) atoms. The second-order valence-corrected chi connectivity index (χ2v) is 6.41. The summed E-state index contributed by atoms with van der Waals surface area (Å²) >= 11 is 11.9. The lowest BCUT2D eigenvalue weighted by Crippen LogP contribution is -2.48. The second-order valence-electron chi connectivity index (χ2n) is 5.56. The summed E-state index contributed by atoms with van der Waals surface area (Å²) in [5.41, 5.74) is 0.287. The van der Waals surface area contributed by atoms with Gasteiger partial charge in [-0.1, -0.05) is 37.0 Å². The van der Waals surface area contributed by atoms with Crippen LogP contribution in [-0.4, -0.2) is 38.1 Å². The number of benzene rings is 1. The molecule has 0 aliphatic rings. The molecule has 2 N–H and O–H groups in total. The Balaban J connectivity index is 2.79. The lowest BCUT2D eigenvalue weighted by Gasteiger charge is -2.20. The minimum Gasteiger partial charge on any atom is -0.383 e. The zero-order valence-corrected chi connectivity index (χ0v) is 15.0. The van der Waals surface area contributed by atoms with Gasteiger partial charge in [-0.2, -0.15) is 0 Å². The predicted molar refractivity (Wildman–Crippen MR) is 92.1 cm³/mol. The van der Waals surface area contributed by atoms with Crippen molar-refractivity contribution < 1.29 is 14.3 Å². The number of rotatable bonds is 8. The number of carbonyl (C=O) groups excluding carboxylic acids is 2. The Labute approximate surface area is 146 Å². The van der Waals surface area contributed by atoms with E-state index in [1.54, 1.807) is 13.2 Å². The number of carbonyl (C=O) groups is 2. The molecule has 1 aromatic carbocycles.